The first-order chi connectivity index (χ1) is 14.0. The Morgan fingerprint density at radius 1 is 1.21 bits per heavy atom. The van der Waals surface area contributed by atoms with Crippen molar-refractivity contribution < 1.29 is 23.1 Å². The van der Waals surface area contributed by atoms with E-state index in [0.717, 1.165) is 36.4 Å². The molecule has 10 heteroatoms. The second kappa shape index (κ2) is 8.10. The summed E-state index contributed by atoms with van der Waals surface area (Å²) in [4.78, 5) is 28.1. The number of anilines is 2. The molecule has 1 saturated carbocycles. The van der Waals surface area contributed by atoms with Crippen LogP contribution in [-0.4, -0.2) is 67.8 Å². The van der Waals surface area contributed by atoms with E-state index in [9.17, 15) is 18.4 Å². The number of nitrogens with zero attached hydrogens (tertiary/aromatic N) is 3. The third-order valence-electron chi connectivity index (χ3n) is 5.42. The number of piperazine rings is 1. The van der Waals surface area contributed by atoms with E-state index in [1.165, 1.54) is 4.90 Å². The Balaban J connectivity index is 1.42. The van der Waals surface area contributed by atoms with Gasteiger partial charge in [-0.05, 0) is 12.8 Å². The molecular formula is C19H22F2N4O3S. The molecule has 2 amide bonds. The number of cyclic esters (lactones) is 1. The Bertz CT molecular complexity index is 805. The van der Waals surface area contributed by atoms with E-state index in [-0.39, 0.29) is 17.9 Å². The van der Waals surface area contributed by atoms with Gasteiger partial charge in [-0.2, -0.15) is 0 Å². The second-order valence-electron chi connectivity index (χ2n) is 7.52. The summed E-state index contributed by atoms with van der Waals surface area (Å²) in [5.74, 6) is -1.07. The molecule has 1 aromatic carbocycles. The van der Waals surface area contributed by atoms with Crippen molar-refractivity contribution in [2.24, 2.45) is 5.92 Å². The second-order valence-corrected chi connectivity index (χ2v) is 7.96. The summed E-state index contributed by atoms with van der Waals surface area (Å²) >= 11 is 5.26. The molecular weight excluding hydrogens is 402 g/mol. The van der Waals surface area contributed by atoms with Gasteiger partial charge in [0.25, 0.3) is 0 Å². The highest BCUT2D eigenvalue weighted by atomic mass is 32.1. The highest BCUT2D eigenvalue weighted by molar-refractivity contribution is 7.80. The summed E-state index contributed by atoms with van der Waals surface area (Å²) in [6.45, 7) is 2.05. The van der Waals surface area contributed by atoms with Crippen LogP contribution in [0.5, 0.6) is 0 Å². The maximum atomic E-state index is 14.7. The monoisotopic (exact) mass is 424 g/mol. The molecule has 2 saturated heterocycles. The van der Waals surface area contributed by atoms with Gasteiger partial charge in [0.15, 0.2) is 11.6 Å². The molecule has 2 heterocycles. The summed E-state index contributed by atoms with van der Waals surface area (Å²) < 4.78 is 34.8. The maximum absolute atomic E-state index is 14.7. The van der Waals surface area contributed by atoms with Gasteiger partial charge >= 0.3 is 6.09 Å². The molecule has 2 aliphatic heterocycles. The first-order valence-electron chi connectivity index (χ1n) is 9.65. The number of benzene rings is 1. The van der Waals surface area contributed by atoms with E-state index in [1.54, 1.807) is 9.80 Å². The van der Waals surface area contributed by atoms with Gasteiger partial charge < -0.3 is 19.9 Å². The molecule has 3 aliphatic rings. The molecule has 1 aliphatic carbocycles. The number of thiocarbonyl (C=S) groups is 1. The fraction of sp³-hybridized carbons (Fsp3) is 0.526. The Morgan fingerprint density at radius 3 is 2.45 bits per heavy atom. The molecule has 3 fully saturated rings. The topological polar surface area (TPSA) is 65.1 Å². The molecule has 1 N–H and O–H groups in total. The highest BCUT2D eigenvalue weighted by Gasteiger charge is 2.35. The van der Waals surface area contributed by atoms with Crippen molar-refractivity contribution in [1.29, 1.82) is 0 Å². The molecule has 29 heavy (non-hydrogen) atoms. The minimum Gasteiger partial charge on any atom is -0.442 e. The molecule has 0 bridgehead atoms. The van der Waals surface area contributed by atoms with Gasteiger partial charge in [0.1, 0.15) is 11.8 Å². The van der Waals surface area contributed by atoms with E-state index in [1.807, 2.05) is 0 Å². The quantitative estimate of drug-likeness (QED) is 0.556. The van der Waals surface area contributed by atoms with Gasteiger partial charge in [0.05, 0.1) is 23.8 Å². The zero-order chi connectivity index (χ0) is 20.5. The highest BCUT2D eigenvalue weighted by Crippen LogP contribution is 2.32. The number of rotatable bonds is 6. The standard InChI is InChI=1S/C19H22F2N4O3S/c20-15-7-13(8-16(21)17(15)24-5-3-23(11-26)4-6-24)25-10-14(28-19(25)27)9-22-18(29)12-1-2-12/h7-8,11-12,14H,1-6,9-10H2,(H,22,29)/t14-/m0/s1. The smallest absolute Gasteiger partial charge is 0.414 e. The van der Waals surface area contributed by atoms with Gasteiger partial charge in [-0.3, -0.25) is 9.69 Å². The lowest BCUT2D eigenvalue weighted by Gasteiger charge is -2.34. The Kier molecular flexibility index (Phi) is 5.53. The fourth-order valence-corrected chi connectivity index (χ4v) is 3.92. The molecule has 1 aromatic rings. The van der Waals surface area contributed by atoms with Gasteiger partial charge in [0.2, 0.25) is 6.41 Å². The van der Waals surface area contributed by atoms with Gasteiger partial charge in [-0.15, -0.1) is 0 Å². The lowest BCUT2D eigenvalue weighted by Crippen LogP contribution is -2.46. The van der Waals surface area contributed by atoms with E-state index in [2.05, 4.69) is 5.32 Å². The zero-order valence-corrected chi connectivity index (χ0v) is 16.6. The van der Waals surface area contributed by atoms with Crippen LogP contribution in [0.3, 0.4) is 0 Å². The first-order valence-corrected chi connectivity index (χ1v) is 10.1. The van der Waals surface area contributed by atoms with Crippen LogP contribution in [0.15, 0.2) is 12.1 Å². The number of hydrogen-bond donors (Lipinski definition) is 1. The van der Waals surface area contributed by atoms with Crippen molar-refractivity contribution in [2.45, 2.75) is 18.9 Å². The van der Waals surface area contributed by atoms with Gasteiger partial charge in [0, 0.05) is 44.2 Å². The lowest BCUT2D eigenvalue weighted by atomic mass is 10.2. The lowest BCUT2D eigenvalue weighted by molar-refractivity contribution is -0.118. The number of carbonyl (C=O) groups is 2. The number of amides is 2. The Morgan fingerprint density at radius 2 is 1.86 bits per heavy atom. The van der Waals surface area contributed by atoms with Crippen molar-refractivity contribution in [2.75, 3.05) is 49.1 Å². The van der Waals surface area contributed by atoms with E-state index in [0.29, 0.717) is 38.6 Å². The van der Waals surface area contributed by atoms with Crippen LogP contribution in [0.4, 0.5) is 25.0 Å². The normalized spacial score (nSPS) is 21.9. The van der Waals surface area contributed by atoms with Crippen LogP contribution in [0.1, 0.15) is 12.8 Å². The predicted octanol–water partition coefficient (Wildman–Crippen LogP) is 1.90. The Hall–Kier alpha value is -2.49. The van der Waals surface area contributed by atoms with Crippen molar-refractivity contribution >= 4 is 41.1 Å². The largest absolute Gasteiger partial charge is 0.442 e. The van der Waals surface area contributed by atoms with E-state index < -0.39 is 23.8 Å². The van der Waals surface area contributed by atoms with Crippen LogP contribution in [-0.2, 0) is 9.53 Å². The van der Waals surface area contributed by atoms with Crippen molar-refractivity contribution in [3.63, 3.8) is 0 Å². The van der Waals surface area contributed by atoms with Gasteiger partial charge in [-0.25, -0.2) is 13.6 Å². The van der Waals surface area contributed by atoms with Crippen LogP contribution < -0.4 is 15.1 Å². The van der Waals surface area contributed by atoms with E-state index in [4.69, 9.17) is 17.0 Å². The van der Waals surface area contributed by atoms with Crippen LogP contribution in [0.25, 0.3) is 0 Å². The third kappa shape index (κ3) is 4.26. The predicted molar refractivity (Wildman–Crippen MR) is 107 cm³/mol. The summed E-state index contributed by atoms with van der Waals surface area (Å²) in [6.07, 6.45) is 1.81. The number of halogens is 2. The van der Waals surface area contributed by atoms with Crippen LogP contribution in [0.2, 0.25) is 0 Å². The number of nitrogens with one attached hydrogen (secondary N) is 1. The minimum absolute atomic E-state index is 0.118. The molecule has 1 atom stereocenters. The van der Waals surface area contributed by atoms with Crippen LogP contribution >= 0.6 is 12.2 Å². The van der Waals surface area contributed by atoms with Crippen molar-refractivity contribution in [3.8, 4) is 0 Å². The summed E-state index contributed by atoms with van der Waals surface area (Å²) in [6, 6.07) is 2.30. The average Bonchev–Trinajstić information content (AvgIpc) is 3.49. The maximum Gasteiger partial charge on any atom is 0.414 e. The number of hydrogen-bond acceptors (Lipinski definition) is 5. The minimum atomic E-state index is -0.746. The molecule has 7 nitrogen and oxygen atoms in total. The number of carbonyl (C=O) groups excluding carboxylic acids is 2. The molecule has 4 rings (SSSR count). The van der Waals surface area contributed by atoms with Gasteiger partial charge in [-0.1, -0.05) is 12.2 Å². The first kappa shape index (κ1) is 19.8. The third-order valence-corrected chi connectivity index (χ3v) is 5.90. The molecule has 0 radical (unpaired) electrons. The summed E-state index contributed by atoms with van der Waals surface area (Å²) in [5, 5.41) is 3.11. The average molecular weight is 424 g/mol. The summed E-state index contributed by atoms with van der Waals surface area (Å²) in [7, 11) is 0. The van der Waals surface area contributed by atoms with E-state index >= 15 is 0 Å². The van der Waals surface area contributed by atoms with Crippen LogP contribution in [0, 0.1) is 17.6 Å². The zero-order valence-electron chi connectivity index (χ0n) is 15.8. The Labute approximate surface area is 172 Å². The molecule has 156 valence electrons. The van der Waals surface area contributed by atoms with Crippen molar-refractivity contribution in [1.82, 2.24) is 10.2 Å². The molecule has 0 spiro atoms. The van der Waals surface area contributed by atoms with Crippen molar-refractivity contribution in [3.05, 3.63) is 23.8 Å². The molecule has 0 unspecified atom stereocenters. The summed E-state index contributed by atoms with van der Waals surface area (Å²) in [5.41, 5.74) is -0.0209. The SMILES string of the molecule is O=CN1CCN(c2c(F)cc(N3C[C@H](CNC(=S)C4CC4)OC3=O)cc2F)CC1. The molecule has 0 aromatic heterocycles. The number of ether oxygens (including phenoxy) is 1. The fourth-order valence-electron chi connectivity index (χ4n) is 3.60.